The number of rotatable bonds is 3. The molecule has 1 amide bonds. The van der Waals surface area contributed by atoms with Crippen LogP contribution in [0, 0.1) is 13.8 Å². The zero-order chi connectivity index (χ0) is 12.3. The second-order valence-electron chi connectivity index (χ2n) is 4.61. The number of benzene rings is 1. The molecule has 0 radical (unpaired) electrons. The largest absolute Gasteiger partial charge is 0.346 e. The quantitative estimate of drug-likeness (QED) is 0.808. The van der Waals surface area contributed by atoms with E-state index in [0.717, 1.165) is 5.56 Å². The Hall–Kier alpha value is -1.02. The van der Waals surface area contributed by atoms with E-state index < -0.39 is 0 Å². The van der Waals surface area contributed by atoms with Gasteiger partial charge in [0.1, 0.15) is 5.88 Å². The van der Waals surface area contributed by atoms with Crippen molar-refractivity contribution < 1.29 is 4.79 Å². The third-order valence-electron chi connectivity index (χ3n) is 2.80. The van der Waals surface area contributed by atoms with Gasteiger partial charge >= 0.3 is 0 Å². The molecule has 1 aromatic rings. The van der Waals surface area contributed by atoms with Crippen LogP contribution in [-0.4, -0.2) is 11.8 Å². The van der Waals surface area contributed by atoms with Crippen molar-refractivity contribution >= 4 is 17.5 Å². The zero-order valence-electron chi connectivity index (χ0n) is 10.2. The first-order valence-electron chi connectivity index (χ1n) is 5.31. The predicted octanol–water partition coefficient (Wildman–Crippen LogP) is 2.89. The third kappa shape index (κ3) is 2.99. The molecule has 2 nitrogen and oxygen atoms in total. The number of nitrogens with one attached hydrogen (secondary N) is 1. The fourth-order valence-electron chi connectivity index (χ4n) is 1.58. The van der Waals surface area contributed by atoms with Gasteiger partial charge in [-0.3, -0.25) is 4.79 Å². The zero-order valence-corrected chi connectivity index (χ0v) is 11.0. The first-order chi connectivity index (χ1) is 7.36. The van der Waals surface area contributed by atoms with Crippen molar-refractivity contribution in [2.24, 2.45) is 0 Å². The SMILES string of the molecule is Cc1ccc(C(C)(C)NC(=O)CCl)cc1C. The molecule has 0 unspecified atom stereocenters. The third-order valence-corrected chi connectivity index (χ3v) is 3.04. The van der Waals surface area contributed by atoms with Crippen molar-refractivity contribution in [1.29, 1.82) is 0 Å². The Morgan fingerprint density at radius 2 is 1.94 bits per heavy atom. The molecule has 0 bridgehead atoms. The summed E-state index contributed by atoms with van der Waals surface area (Å²) >= 11 is 5.49. The minimum Gasteiger partial charge on any atom is -0.346 e. The maximum atomic E-state index is 11.3. The van der Waals surface area contributed by atoms with Crippen LogP contribution in [0.5, 0.6) is 0 Å². The highest BCUT2D eigenvalue weighted by molar-refractivity contribution is 6.27. The van der Waals surface area contributed by atoms with Gasteiger partial charge in [-0.05, 0) is 44.4 Å². The number of hydrogen-bond donors (Lipinski definition) is 1. The van der Waals surface area contributed by atoms with Crippen LogP contribution >= 0.6 is 11.6 Å². The second-order valence-corrected chi connectivity index (χ2v) is 4.87. The summed E-state index contributed by atoms with van der Waals surface area (Å²) in [4.78, 5) is 11.3. The molecule has 16 heavy (non-hydrogen) atoms. The molecule has 3 heteroatoms. The summed E-state index contributed by atoms with van der Waals surface area (Å²) in [5, 5.41) is 2.90. The molecule has 88 valence electrons. The molecule has 1 N–H and O–H groups in total. The van der Waals surface area contributed by atoms with Gasteiger partial charge in [-0.25, -0.2) is 0 Å². The molecule has 0 saturated carbocycles. The number of alkyl halides is 1. The van der Waals surface area contributed by atoms with E-state index in [0.29, 0.717) is 0 Å². The van der Waals surface area contributed by atoms with Gasteiger partial charge in [-0.2, -0.15) is 0 Å². The van der Waals surface area contributed by atoms with Crippen LogP contribution < -0.4 is 5.32 Å². The Labute approximate surface area is 102 Å². The van der Waals surface area contributed by atoms with Gasteiger partial charge in [0.15, 0.2) is 0 Å². The van der Waals surface area contributed by atoms with Crippen molar-refractivity contribution in [3.63, 3.8) is 0 Å². The number of carbonyl (C=O) groups excluding carboxylic acids is 1. The molecular weight excluding hydrogens is 222 g/mol. The molecule has 0 saturated heterocycles. The van der Waals surface area contributed by atoms with Crippen molar-refractivity contribution in [2.75, 3.05) is 5.88 Å². The van der Waals surface area contributed by atoms with E-state index in [2.05, 4.69) is 31.3 Å². The highest BCUT2D eigenvalue weighted by atomic mass is 35.5. The summed E-state index contributed by atoms with van der Waals surface area (Å²) in [5.41, 5.74) is 3.19. The molecule has 0 atom stereocenters. The molecule has 0 aliphatic heterocycles. The maximum absolute atomic E-state index is 11.3. The van der Waals surface area contributed by atoms with Crippen LogP contribution in [0.3, 0.4) is 0 Å². The lowest BCUT2D eigenvalue weighted by Gasteiger charge is -2.27. The van der Waals surface area contributed by atoms with Crippen LogP contribution in [0.25, 0.3) is 0 Å². The number of hydrogen-bond acceptors (Lipinski definition) is 1. The molecule has 0 fully saturated rings. The normalized spacial score (nSPS) is 11.3. The van der Waals surface area contributed by atoms with E-state index in [1.807, 2.05) is 19.9 Å². The first kappa shape index (κ1) is 13.0. The summed E-state index contributed by atoms with van der Waals surface area (Å²) in [6, 6.07) is 6.21. The van der Waals surface area contributed by atoms with Gasteiger partial charge in [-0.15, -0.1) is 11.6 Å². The summed E-state index contributed by atoms with van der Waals surface area (Å²) < 4.78 is 0. The van der Waals surface area contributed by atoms with Crippen LogP contribution in [0.4, 0.5) is 0 Å². The van der Waals surface area contributed by atoms with Crippen LogP contribution in [0.1, 0.15) is 30.5 Å². The van der Waals surface area contributed by atoms with E-state index in [-0.39, 0.29) is 17.3 Å². The summed E-state index contributed by atoms with van der Waals surface area (Å²) in [6.45, 7) is 8.09. The van der Waals surface area contributed by atoms with Crippen LogP contribution in [-0.2, 0) is 10.3 Å². The van der Waals surface area contributed by atoms with E-state index >= 15 is 0 Å². The highest BCUT2D eigenvalue weighted by Crippen LogP contribution is 2.22. The highest BCUT2D eigenvalue weighted by Gasteiger charge is 2.22. The van der Waals surface area contributed by atoms with Gasteiger partial charge in [0, 0.05) is 0 Å². The van der Waals surface area contributed by atoms with Crippen molar-refractivity contribution in [3.05, 3.63) is 34.9 Å². The fourth-order valence-corrected chi connectivity index (χ4v) is 1.65. The Kier molecular flexibility index (Phi) is 3.98. The van der Waals surface area contributed by atoms with Crippen molar-refractivity contribution in [3.8, 4) is 0 Å². The Bertz CT molecular complexity index is 399. The van der Waals surface area contributed by atoms with E-state index in [1.165, 1.54) is 11.1 Å². The average Bonchev–Trinajstić information content (AvgIpc) is 2.21. The van der Waals surface area contributed by atoms with Gasteiger partial charge < -0.3 is 5.32 Å². The molecule has 1 rings (SSSR count). The molecular formula is C13H18ClNO. The lowest BCUT2D eigenvalue weighted by Crippen LogP contribution is -2.41. The molecule has 0 aromatic heterocycles. The van der Waals surface area contributed by atoms with E-state index in [1.54, 1.807) is 0 Å². The number of carbonyl (C=O) groups is 1. The van der Waals surface area contributed by atoms with Crippen LogP contribution in [0.15, 0.2) is 18.2 Å². The van der Waals surface area contributed by atoms with E-state index in [4.69, 9.17) is 11.6 Å². The van der Waals surface area contributed by atoms with Gasteiger partial charge in [0.05, 0.1) is 5.54 Å². The summed E-state index contributed by atoms with van der Waals surface area (Å²) in [5.74, 6) is -0.154. The molecule has 1 aromatic carbocycles. The minimum absolute atomic E-state index is 0.00568. The smallest absolute Gasteiger partial charge is 0.235 e. The fraction of sp³-hybridized carbons (Fsp3) is 0.462. The van der Waals surface area contributed by atoms with Crippen molar-refractivity contribution in [1.82, 2.24) is 5.32 Å². The summed E-state index contributed by atoms with van der Waals surface area (Å²) in [6.07, 6.45) is 0. The molecule has 0 heterocycles. The average molecular weight is 240 g/mol. The first-order valence-corrected chi connectivity index (χ1v) is 5.85. The number of amides is 1. The Balaban J connectivity index is 2.97. The monoisotopic (exact) mass is 239 g/mol. The Morgan fingerprint density at radius 1 is 1.31 bits per heavy atom. The molecule has 0 aliphatic carbocycles. The Morgan fingerprint density at radius 3 is 2.44 bits per heavy atom. The van der Waals surface area contributed by atoms with Gasteiger partial charge in [0.2, 0.25) is 5.91 Å². The lowest BCUT2D eigenvalue weighted by molar-refractivity contribution is -0.120. The van der Waals surface area contributed by atoms with Crippen LogP contribution in [0.2, 0.25) is 0 Å². The van der Waals surface area contributed by atoms with Gasteiger partial charge in [0.25, 0.3) is 0 Å². The maximum Gasteiger partial charge on any atom is 0.235 e. The molecule has 0 spiro atoms. The standard InChI is InChI=1S/C13H18ClNO/c1-9-5-6-11(7-10(9)2)13(3,4)15-12(16)8-14/h5-7H,8H2,1-4H3,(H,15,16). The summed E-state index contributed by atoms with van der Waals surface area (Å²) in [7, 11) is 0. The lowest BCUT2D eigenvalue weighted by atomic mass is 9.91. The minimum atomic E-state index is -0.384. The number of halogens is 1. The molecule has 0 aliphatic rings. The second kappa shape index (κ2) is 4.88. The topological polar surface area (TPSA) is 29.1 Å². The number of aryl methyl sites for hydroxylation is 2. The van der Waals surface area contributed by atoms with Crippen molar-refractivity contribution in [2.45, 2.75) is 33.2 Å². The predicted molar refractivity (Wildman–Crippen MR) is 67.8 cm³/mol. The van der Waals surface area contributed by atoms with Gasteiger partial charge in [-0.1, -0.05) is 18.2 Å². The van der Waals surface area contributed by atoms with E-state index in [9.17, 15) is 4.79 Å².